The van der Waals surface area contributed by atoms with Gasteiger partial charge in [-0.3, -0.25) is 4.18 Å². The molecular weight excluding hydrogens is 272 g/mol. The van der Waals surface area contributed by atoms with Gasteiger partial charge in [-0.1, -0.05) is 0 Å². The van der Waals surface area contributed by atoms with E-state index in [1.165, 1.54) is 0 Å². The Morgan fingerprint density at radius 3 is 2.32 bits per heavy atom. The highest BCUT2D eigenvalue weighted by atomic mass is 32.3. The average molecular weight is 294 g/mol. The van der Waals surface area contributed by atoms with Crippen molar-refractivity contribution in [1.82, 2.24) is 4.57 Å². The third-order valence-electron chi connectivity index (χ3n) is 2.16. The van der Waals surface area contributed by atoms with Crippen molar-refractivity contribution < 1.29 is 26.5 Å². The Bertz CT molecular complexity index is 430. The molecule has 0 aromatic carbocycles. The molecule has 7 nitrogen and oxygen atoms in total. The highest BCUT2D eigenvalue weighted by molar-refractivity contribution is 7.80. The fourth-order valence-corrected chi connectivity index (χ4v) is 1.52. The number of unbranched alkanes of at least 4 members (excludes halogenated alkanes) is 1. The molecule has 0 unspecified atom stereocenters. The lowest BCUT2D eigenvalue weighted by Crippen LogP contribution is -2.23. The van der Waals surface area contributed by atoms with E-state index in [0.717, 1.165) is 6.54 Å². The van der Waals surface area contributed by atoms with Crippen molar-refractivity contribution in [3.05, 3.63) is 18.7 Å². The fourth-order valence-electron chi connectivity index (χ4n) is 1.20. The number of aromatic nitrogens is 2. The molecule has 0 spiro atoms. The monoisotopic (exact) mass is 294 g/mol. The molecule has 0 fully saturated rings. The Morgan fingerprint density at radius 1 is 1.32 bits per heavy atom. The Kier molecular flexibility index (Phi) is 9.40. The van der Waals surface area contributed by atoms with Crippen LogP contribution in [-0.2, 0) is 32.9 Å². The topological polar surface area (TPSA) is 84.5 Å². The summed E-state index contributed by atoms with van der Waals surface area (Å²) in [7, 11) is -0.935. The van der Waals surface area contributed by atoms with Crippen molar-refractivity contribution in [2.75, 3.05) is 20.3 Å². The van der Waals surface area contributed by atoms with Crippen LogP contribution in [0.2, 0.25) is 0 Å². The second-order valence-electron chi connectivity index (χ2n) is 3.84. The zero-order valence-electron chi connectivity index (χ0n) is 11.6. The molecule has 0 N–H and O–H groups in total. The van der Waals surface area contributed by atoms with Gasteiger partial charge in [-0.05, 0) is 19.8 Å². The van der Waals surface area contributed by atoms with E-state index >= 15 is 0 Å². The molecular formula is C11H22N2O5S. The second-order valence-corrected chi connectivity index (χ2v) is 4.89. The summed E-state index contributed by atoms with van der Waals surface area (Å²) in [6.07, 6.45) is 7.34. The molecule has 0 aliphatic rings. The molecule has 0 aliphatic carbocycles. The molecule has 1 aromatic heterocycles. The van der Waals surface area contributed by atoms with Gasteiger partial charge in [-0.25, -0.2) is 17.6 Å². The van der Waals surface area contributed by atoms with Crippen molar-refractivity contribution in [2.45, 2.75) is 26.3 Å². The molecule has 0 atom stereocenters. The first kappa shape index (κ1) is 18.0. The maximum absolute atomic E-state index is 9.85. The summed E-state index contributed by atoms with van der Waals surface area (Å²) in [6, 6.07) is 0. The summed E-state index contributed by atoms with van der Waals surface area (Å²) in [5.41, 5.74) is 0. The van der Waals surface area contributed by atoms with Crippen LogP contribution in [0.25, 0.3) is 0 Å². The third-order valence-corrected chi connectivity index (χ3v) is 2.61. The van der Waals surface area contributed by atoms with Gasteiger partial charge in [-0.2, -0.15) is 0 Å². The van der Waals surface area contributed by atoms with E-state index in [9.17, 15) is 13.0 Å². The van der Waals surface area contributed by atoms with Crippen LogP contribution in [0.4, 0.5) is 0 Å². The fraction of sp³-hybridized carbons (Fsp3) is 0.727. The van der Waals surface area contributed by atoms with E-state index in [4.69, 9.17) is 4.74 Å². The van der Waals surface area contributed by atoms with Gasteiger partial charge >= 0.3 is 0 Å². The van der Waals surface area contributed by atoms with Crippen molar-refractivity contribution >= 4 is 10.4 Å². The summed E-state index contributed by atoms with van der Waals surface area (Å²) in [5.74, 6) is 0. The van der Waals surface area contributed by atoms with E-state index in [1.54, 1.807) is 7.11 Å². The van der Waals surface area contributed by atoms with Crippen LogP contribution in [0, 0.1) is 0 Å². The lowest BCUT2D eigenvalue weighted by molar-refractivity contribution is -0.671. The first-order valence-electron chi connectivity index (χ1n) is 5.99. The van der Waals surface area contributed by atoms with Crippen LogP contribution in [0.15, 0.2) is 18.7 Å². The number of hydrogen-bond donors (Lipinski definition) is 0. The first-order chi connectivity index (χ1) is 8.89. The van der Waals surface area contributed by atoms with Gasteiger partial charge in [0.1, 0.15) is 12.4 Å². The lowest BCUT2D eigenvalue weighted by Gasteiger charge is -2.06. The summed E-state index contributed by atoms with van der Waals surface area (Å²) in [4.78, 5) is 0. The summed E-state index contributed by atoms with van der Waals surface area (Å²) >= 11 is 0. The summed E-state index contributed by atoms with van der Waals surface area (Å²) in [5, 5.41) is 0. The molecule has 1 heterocycles. The van der Waals surface area contributed by atoms with Gasteiger partial charge in [0.05, 0.1) is 20.2 Å². The van der Waals surface area contributed by atoms with Crippen molar-refractivity contribution in [2.24, 2.45) is 7.05 Å². The molecule has 1 aromatic rings. The SMILES string of the molecule is CCn1cc[n+](C)c1.COCCCCOS(=O)(=O)[O-]. The van der Waals surface area contributed by atoms with Crippen LogP contribution < -0.4 is 4.57 Å². The number of ether oxygens (including phenoxy) is 1. The molecule has 0 saturated heterocycles. The van der Waals surface area contributed by atoms with E-state index < -0.39 is 10.4 Å². The highest BCUT2D eigenvalue weighted by Crippen LogP contribution is 1.93. The van der Waals surface area contributed by atoms with E-state index in [2.05, 4.69) is 28.2 Å². The quantitative estimate of drug-likeness (QED) is 0.311. The first-order valence-corrected chi connectivity index (χ1v) is 7.32. The Hall–Kier alpha value is -0.960. The van der Waals surface area contributed by atoms with Crippen LogP contribution >= 0.6 is 0 Å². The number of aryl methyl sites for hydroxylation is 2. The van der Waals surface area contributed by atoms with Crippen LogP contribution in [-0.4, -0.2) is 37.9 Å². The normalized spacial score (nSPS) is 10.9. The Labute approximate surface area is 114 Å². The number of methoxy groups -OCH3 is 1. The van der Waals surface area contributed by atoms with Gasteiger partial charge in [0.2, 0.25) is 16.7 Å². The van der Waals surface area contributed by atoms with Crippen LogP contribution in [0.1, 0.15) is 19.8 Å². The maximum atomic E-state index is 9.85. The maximum Gasteiger partial charge on any atom is 0.243 e. The molecule has 19 heavy (non-hydrogen) atoms. The highest BCUT2D eigenvalue weighted by Gasteiger charge is 1.93. The Balaban J connectivity index is 0.000000356. The number of imidazole rings is 1. The van der Waals surface area contributed by atoms with Gasteiger partial charge in [0.15, 0.2) is 0 Å². The molecule has 0 aliphatic heterocycles. The third kappa shape index (κ3) is 11.8. The predicted molar refractivity (Wildman–Crippen MR) is 68.0 cm³/mol. The van der Waals surface area contributed by atoms with Gasteiger partial charge < -0.3 is 9.29 Å². The Morgan fingerprint density at radius 2 is 1.95 bits per heavy atom. The minimum absolute atomic E-state index is 0.0603. The van der Waals surface area contributed by atoms with E-state index in [0.29, 0.717) is 19.4 Å². The standard InChI is InChI=1S/C6H11N2.C5H12O5S/c1-3-8-5-4-7(2)6-8;1-9-4-2-3-5-10-11(6,7)8/h4-6H,3H2,1-2H3;2-5H2,1H3,(H,6,7,8)/q+1;/p-1. The molecule has 8 heteroatoms. The minimum atomic E-state index is -4.50. The summed E-state index contributed by atoms with van der Waals surface area (Å²) in [6.45, 7) is 3.66. The smallest absolute Gasteiger partial charge is 0.243 e. The van der Waals surface area contributed by atoms with Gasteiger partial charge in [-0.15, -0.1) is 0 Å². The van der Waals surface area contributed by atoms with E-state index in [1.807, 2.05) is 17.8 Å². The zero-order chi connectivity index (χ0) is 14.7. The zero-order valence-corrected chi connectivity index (χ0v) is 12.4. The molecule has 0 amide bonds. The molecule has 0 radical (unpaired) electrons. The number of nitrogens with zero attached hydrogens (tertiary/aromatic N) is 2. The molecule has 112 valence electrons. The minimum Gasteiger partial charge on any atom is -0.726 e. The van der Waals surface area contributed by atoms with Crippen LogP contribution in [0.3, 0.4) is 0 Å². The second kappa shape index (κ2) is 9.90. The van der Waals surface area contributed by atoms with E-state index in [-0.39, 0.29) is 6.61 Å². The van der Waals surface area contributed by atoms with Crippen molar-refractivity contribution in [3.8, 4) is 0 Å². The average Bonchev–Trinajstić information content (AvgIpc) is 2.74. The van der Waals surface area contributed by atoms with Crippen molar-refractivity contribution in [3.63, 3.8) is 0 Å². The molecule has 0 bridgehead atoms. The number of hydrogen-bond acceptors (Lipinski definition) is 5. The molecule has 1 rings (SSSR count). The predicted octanol–water partition coefficient (Wildman–Crippen LogP) is 0.222. The lowest BCUT2D eigenvalue weighted by atomic mass is 10.3. The summed E-state index contributed by atoms with van der Waals surface area (Å²) < 4.78 is 42.3. The van der Waals surface area contributed by atoms with Crippen molar-refractivity contribution in [1.29, 1.82) is 0 Å². The van der Waals surface area contributed by atoms with Gasteiger partial charge in [0, 0.05) is 13.7 Å². The largest absolute Gasteiger partial charge is 0.726 e. The molecule has 0 saturated carbocycles. The van der Waals surface area contributed by atoms with Crippen LogP contribution in [0.5, 0.6) is 0 Å². The van der Waals surface area contributed by atoms with Gasteiger partial charge in [0.25, 0.3) is 0 Å². The number of rotatable bonds is 7.